The van der Waals surface area contributed by atoms with Crippen LogP contribution in [-0.4, -0.2) is 23.0 Å². The highest BCUT2D eigenvalue weighted by Gasteiger charge is 2.24. The van der Waals surface area contributed by atoms with Crippen LogP contribution in [0.5, 0.6) is 0 Å². The summed E-state index contributed by atoms with van der Waals surface area (Å²) >= 11 is 1.90. The van der Waals surface area contributed by atoms with Crippen LogP contribution in [0.4, 0.5) is 0 Å². The van der Waals surface area contributed by atoms with Crippen LogP contribution in [0.15, 0.2) is 0 Å². The molecule has 0 saturated carbocycles. The molecule has 0 aromatic heterocycles. The molecule has 1 aliphatic rings. The summed E-state index contributed by atoms with van der Waals surface area (Å²) in [6.45, 7) is 6.09. The van der Waals surface area contributed by atoms with Crippen LogP contribution in [0.25, 0.3) is 0 Å². The maximum atomic E-state index is 11.7. The topological polar surface area (TPSA) is 29.1 Å². The lowest BCUT2D eigenvalue weighted by Crippen LogP contribution is -2.44. The Morgan fingerprint density at radius 1 is 1.46 bits per heavy atom. The molecule has 1 amide bonds. The van der Waals surface area contributed by atoms with E-state index in [4.69, 9.17) is 0 Å². The third-order valence-electron chi connectivity index (χ3n) is 2.03. The summed E-state index contributed by atoms with van der Waals surface area (Å²) in [6, 6.07) is 0. The lowest BCUT2D eigenvalue weighted by molar-refractivity contribution is -0.126. The maximum absolute atomic E-state index is 11.7. The highest BCUT2D eigenvalue weighted by atomic mass is 32.2. The minimum atomic E-state index is -0.0841. The van der Waals surface area contributed by atoms with Crippen molar-refractivity contribution in [2.75, 3.05) is 11.5 Å². The third-order valence-corrected chi connectivity index (χ3v) is 3.24. The van der Waals surface area contributed by atoms with Crippen LogP contribution in [0.2, 0.25) is 0 Å². The van der Waals surface area contributed by atoms with Crippen LogP contribution in [0.3, 0.4) is 0 Å². The Bertz CT molecular complexity index is 180. The van der Waals surface area contributed by atoms with E-state index < -0.39 is 0 Å². The summed E-state index contributed by atoms with van der Waals surface area (Å²) in [5.74, 6) is 2.71. The zero-order chi connectivity index (χ0) is 9.90. The molecule has 1 atom stereocenters. The van der Waals surface area contributed by atoms with Gasteiger partial charge in [0.1, 0.15) is 0 Å². The van der Waals surface area contributed by atoms with E-state index >= 15 is 0 Å². The first-order valence-electron chi connectivity index (χ1n) is 4.89. The van der Waals surface area contributed by atoms with Crippen LogP contribution in [0.1, 0.15) is 33.6 Å². The van der Waals surface area contributed by atoms with Crippen molar-refractivity contribution in [3.63, 3.8) is 0 Å². The van der Waals surface area contributed by atoms with Gasteiger partial charge in [0.25, 0.3) is 0 Å². The average molecular weight is 201 g/mol. The van der Waals surface area contributed by atoms with Crippen LogP contribution < -0.4 is 5.32 Å². The fraction of sp³-hybridized carbons (Fsp3) is 0.900. The molecule has 0 aliphatic carbocycles. The highest BCUT2D eigenvalue weighted by molar-refractivity contribution is 7.99. The molecule has 1 heterocycles. The molecule has 76 valence electrons. The summed E-state index contributed by atoms with van der Waals surface area (Å²) < 4.78 is 0. The molecule has 1 aliphatic heterocycles. The standard InChI is InChI=1S/C10H19NOS/c1-10(2,3)11-9(12)8-5-4-6-13-7-8/h8H,4-7H2,1-3H3,(H,11,12). The number of carbonyl (C=O) groups excluding carboxylic acids is 1. The fourth-order valence-corrected chi connectivity index (χ4v) is 2.56. The van der Waals surface area contributed by atoms with Gasteiger partial charge >= 0.3 is 0 Å². The molecule has 13 heavy (non-hydrogen) atoms. The number of amides is 1. The van der Waals surface area contributed by atoms with Gasteiger partial charge in [0.05, 0.1) is 0 Å². The normalized spacial score (nSPS) is 24.1. The van der Waals surface area contributed by atoms with Crippen molar-refractivity contribution in [3.8, 4) is 0 Å². The van der Waals surface area contributed by atoms with Crippen molar-refractivity contribution in [1.82, 2.24) is 5.32 Å². The first-order valence-corrected chi connectivity index (χ1v) is 6.04. The van der Waals surface area contributed by atoms with Crippen molar-refractivity contribution in [1.29, 1.82) is 0 Å². The summed E-state index contributed by atoms with van der Waals surface area (Å²) in [7, 11) is 0. The second-order valence-corrected chi connectivity index (χ2v) is 5.80. The summed E-state index contributed by atoms with van der Waals surface area (Å²) in [5, 5.41) is 3.04. The molecular weight excluding hydrogens is 182 g/mol. The first kappa shape index (κ1) is 10.9. The van der Waals surface area contributed by atoms with Gasteiger partial charge in [-0.1, -0.05) is 0 Å². The molecule has 0 aromatic carbocycles. The van der Waals surface area contributed by atoms with Gasteiger partial charge in [0.15, 0.2) is 0 Å². The Hall–Kier alpha value is -0.180. The van der Waals surface area contributed by atoms with Crippen LogP contribution in [0, 0.1) is 5.92 Å². The highest BCUT2D eigenvalue weighted by Crippen LogP contribution is 2.23. The minimum absolute atomic E-state index is 0.0841. The predicted molar refractivity (Wildman–Crippen MR) is 57.9 cm³/mol. The Kier molecular flexibility index (Phi) is 3.65. The number of thioether (sulfide) groups is 1. The van der Waals surface area contributed by atoms with Crippen molar-refractivity contribution in [2.24, 2.45) is 5.92 Å². The minimum Gasteiger partial charge on any atom is -0.351 e. The zero-order valence-corrected chi connectivity index (χ0v) is 9.54. The van der Waals surface area contributed by atoms with Gasteiger partial charge in [-0.15, -0.1) is 0 Å². The van der Waals surface area contributed by atoms with Crippen molar-refractivity contribution in [2.45, 2.75) is 39.2 Å². The first-order chi connectivity index (χ1) is 5.99. The fourth-order valence-electron chi connectivity index (χ4n) is 1.42. The average Bonchev–Trinajstić information content (AvgIpc) is 2.03. The van der Waals surface area contributed by atoms with Crippen LogP contribution >= 0.6 is 11.8 Å². The van der Waals surface area contributed by atoms with Gasteiger partial charge in [0.2, 0.25) is 5.91 Å². The molecule has 1 fully saturated rings. The van der Waals surface area contributed by atoms with Crippen molar-refractivity contribution in [3.05, 3.63) is 0 Å². The van der Waals surface area contributed by atoms with Gasteiger partial charge < -0.3 is 5.32 Å². The summed E-state index contributed by atoms with van der Waals surface area (Å²) in [5.41, 5.74) is -0.0841. The Morgan fingerprint density at radius 3 is 2.62 bits per heavy atom. The molecular formula is C10H19NOS. The van der Waals surface area contributed by atoms with E-state index in [2.05, 4.69) is 5.32 Å². The lowest BCUT2D eigenvalue weighted by atomic mass is 10.0. The van der Waals surface area contributed by atoms with Crippen molar-refractivity contribution < 1.29 is 4.79 Å². The molecule has 1 rings (SSSR count). The zero-order valence-electron chi connectivity index (χ0n) is 8.72. The molecule has 1 saturated heterocycles. The van der Waals surface area contributed by atoms with Gasteiger partial charge in [-0.2, -0.15) is 11.8 Å². The van der Waals surface area contributed by atoms with E-state index in [9.17, 15) is 4.79 Å². The number of carbonyl (C=O) groups is 1. The van der Waals surface area contributed by atoms with E-state index in [1.54, 1.807) is 0 Å². The SMILES string of the molecule is CC(C)(C)NC(=O)C1CCCSC1. The summed E-state index contributed by atoms with van der Waals surface area (Å²) in [4.78, 5) is 11.7. The van der Waals surface area contributed by atoms with E-state index in [1.807, 2.05) is 32.5 Å². The van der Waals surface area contributed by atoms with E-state index in [-0.39, 0.29) is 17.4 Å². The molecule has 0 radical (unpaired) electrons. The van der Waals surface area contributed by atoms with Crippen LogP contribution in [-0.2, 0) is 4.79 Å². The molecule has 0 spiro atoms. The Morgan fingerprint density at radius 2 is 2.15 bits per heavy atom. The molecule has 0 aromatic rings. The summed E-state index contributed by atoms with van der Waals surface area (Å²) in [6.07, 6.45) is 2.25. The van der Waals surface area contributed by atoms with Gasteiger partial charge in [-0.05, 0) is 39.4 Å². The van der Waals surface area contributed by atoms with E-state index in [1.165, 1.54) is 12.2 Å². The van der Waals surface area contributed by atoms with Gasteiger partial charge in [-0.3, -0.25) is 4.79 Å². The maximum Gasteiger partial charge on any atom is 0.224 e. The quantitative estimate of drug-likeness (QED) is 0.703. The number of hydrogen-bond acceptors (Lipinski definition) is 2. The Labute approximate surface area is 84.9 Å². The largest absolute Gasteiger partial charge is 0.351 e. The smallest absolute Gasteiger partial charge is 0.224 e. The van der Waals surface area contributed by atoms with E-state index in [0.29, 0.717) is 0 Å². The molecule has 0 bridgehead atoms. The predicted octanol–water partition coefficient (Wildman–Crippen LogP) is 2.04. The monoisotopic (exact) mass is 201 g/mol. The van der Waals surface area contributed by atoms with Crippen molar-refractivity contribution >= 4 is 17.7 Å². The lowest BCUT2D eigenvalue weighted by Gasteiger charge is -2.26. The molecule has 3 heteroatoms. The number of rotatable bonds is 1. The van der Waals surface area contributed by atoms with E-state index in [0.717, 1.165) is 12.2 Å². The number of nitrogens with one attached hydrogen (secondary N) is 1. The second kappa shape index (κ2) is 4.36. The molecule has 1 N–H and O–H groups in total. The second-order valence-electron chi connectivity index (χ2n) is 4.65. The van der Waals surface area contributed by atoms with Gasteiger partial charge in [-0.25, -0.2) is 0 Å². The van der Waals surface area contributed by atoms with Gasteiger partial charge in [0, 0.05) is 17.2 Å². The Balaban J connectivity index is 2.38. The molecule has 1 unspecified atom stereocenters. The third kappa shape index (κ3) is 4.03. The molecule has 2 nitrogen and oxygen atoms in total. The number of hydrogen-bond donors (Lipinski definition) is 1.